The maximum absolute atomic E-state index is 11.1. The first-order valence-electron chi connectivity index (χ1n) is 11.4. The van der Waals surface area contributed by atoms with Crippen LogP contribution in [0, 0.1) is 5.92 Å². The molecule has 3 heterocycles. The number of fused-ring (bicyclic) bond motifs is 1. The van der Waals surface area contributed by atoms with Gasteiger partial charge in [-0.15, -0.1) is 0 Å². The third kappa shape index (κ3) is 6.44. The summed E-state index contributed by atoms with van der Waals surface area (Å²) in [7, 11) is -0.449. The Balaban J connectivity index is 1.61. The Morgan fingerprint density at radius 1 is 1.11 bits per heavy atom. The van der Waals surface area contributed by atoms with E-state index in [1.807, 2.05) is 42.5 Å². The molecule has 0 saturated carbocycles. The van der Waals surface area contributed by atoms with Gasteiger partial charge < -0.3 is 14.4 Å². The predicted octanol–water partition coefficient (Wildman–Crippen LogP) is 2.61. The molecule has 0 unspecified atom stereocenters. The van der Waals surface area contributed by atoms with E-state index in [-0.39, 0.29) is 0 Å². The fourth-order valence-corrected chi connectivity index (χ4v) is 4.65. The second-order valence-electron chi connectivity index (χ2n) is 8.38. The SMILES string of the molecule is COc1cc2nc(/C=C/c3ccccn3)nc(N3CCC(CCNS(N)(=O)=O)CC3)c2cc1OC. The molecule has 0 amide bonds. The molecule has 10 nitrogen and oxygen atoms in total. The average molecular weight is 499 g/mol. The lowest BCUT2D eigenvalue weighted by Gasteiger charge is -2.33. The Kier molecular flexibility index (Phi) is 7.79. The summed E-state index contributed by atoms with van der Waals surface area (Å²) in [4.78, 5) is 16.2. The quantitative estimate of drug-likeness (QED) is 0.460. The second-order valence-corrected chi connectivity index (χ2v) is 9.75. The van der Waals surface area contributed by atoms with Crippen molar-refractivity contribution in [2.45, 2.75) is 19.3 Å². The molecular formula is C24H30N6O4S. The van der Waals surface area contributed by atoms with Crippen molar-refractivity contribution in [2.24, 2.45) is 11.1 Å². The first kappa shape index (κ1) is 24.8. The molecule has 2 aromatic heterocycles. The van der Waals surface area contributed by atoms with Crippen molar-refractivity contribution in [2.75, 3.05) is 38.8 Å². The van der Waals surface area contributed by atoms with Crippen molar-refractivity contribution in [3.63, 3.8) is 0 Å². The summed E-state index contributed by atoms with van der Waals surface area (Å²) in [5.74, 6) is 3.03. The van der Waals surface area contributed by atoms with Crippen molar-refractivity contribution in [1.82, 2.24) is 19.7 Å². The monoisotopic (exact) mass is 498 g/mol. The minimum Gasteiger partial charge on any atom is -0.493 e. The van der Waals surface area contributed by atoms with E-state index in [4.69, 9.17) is 24.6 Å². The van der Waals surface area contributed by atoms with Crippen molar-refractivity contribution >= 4 is 39.1 Å². The average Bonchev–Trinajstić information content (AvgIpc) is 2.86. The van der Waals surface area contributed by atoms with Gasteiger partial charge in [-0.2, -0.15) is 8.42 Å². The molecule has 0 bridgehead atoms. The van der Waals surface area contributed by atoms with Crippen molar-refractivity contribution in [3.05, 3.63) is 48.0 Å². The van der Waals surface area contributed by atoms with E-state index >= 15 is 0 Å². The number of hydrogen-bond acceptors (Lipinski definition) is 8. The van der Waals surface area contributed by atoms with Crippen LogP contribution >= 0.6 is 0 Å². The molecule has 4 rings (SSSR count). The molecule has 0 radical (unpaired) electrons. The Bertz CT molecular complexity index is 1290. The van der Waals surface area contributed by atoms with Gasteiger partial charge in [0.05, 0.1) is 25.4 Å². The molecule has 1 fully saturated rings. The maximum Gasteiger partial charge on any atom is 0.274 e. The number of nitrogens with zero attached hydrogens (tertiary/aromatic N) is 4. The third-order valence-corrected chi connectivity index (χ3v) is 6.67. The molecule has 1 aliphatic rings. The van der Waals surface area contributed by atoms with E-state index < -0.39 is 10.2 Å². The first-order valence-corrected chi connectivity index (χ1v) is 13.0. The summed E-state index contributed by atoms with van der Waals surface area (Å²) in [5, 5.41) is 5.91. The van der Waals surface area contributed by atoms with Crippen LogP contribution in [0.1, 0.15) is 30.8 Å². The maximum atomic E-state index is 11.1. The van der Waals surface area contributed by atoms with Crippen LogP contribution in [0.4, 0.5) is 5.82 Å². The molecule has 186 valence electrons. The topological polar surface area (TPSA) is 133 Å². The highest BCUT2D eigenvalue weighted by atomic mass is 32.2. The Morgan fingerprint density at radius 3 is 2.51 bits per heavy atom. The van der Waals surface area contributed by atoms with Crippen LogP contribution in [0.15, 0.2) is 36.5 Å². The van der Waals surface area contributed by atoms with Crippen molar-refractivity contribution < 1.29 is 17.9 Å². The van der Waals surface area contributed by atoms with Gasteiger partial charge in [0.2, 0.25) is 0 Å². The zero-order chi connectivity index (χ0) is 24.8. The van der Waals surface area contributed by atoms with Gasteiger partial charge >= 0.3 is 0 Å². The van der Waals surface area contributed by atoms with Gasteiger partial charge in [0.1, 0.15) is 5.82 Å². The van der Waals surface area contributed by atoms with Crippen molar-refractivity contribution in [1.29, 1.82) is 0 Å². The normalized spacial score (nSPS) is 15.1. The first-order chi connectivity index (χ1) is 16.9. The van der Waals surface area contributed by atoms with E-state index in [0.717, 1.165) is 54.8 Å². The molecule has 35 heavy (non-hydrogen) atoms. The highest BCUT2D eigenvalue weighted by Crippen LogP contribution is 2.36. The number of aromatic nitrogens is 3. The molecule has 1 saturated heterocycles. The standard InChI is InChI=1S/C24H30N6O4S/c1-33-21-15-19-20(16-22(21)34-2)28-23(7-6-18-5-3-4-11-26-18)29-24(19)30-13-9-17(10-14-30)8-12-27-35(25,31)32/h3-7,11,15-17,27H,8-10,12-14H2,1-2H3,(H2,25,31,32)/b7-6+. The summed E-state index contributed by atoms with van der Waals surface area (Å²) in [6.07, 6.45) is 8.07. The minimum absolute atomic E-state index is 0.347. The number of ether oxygens (including phenoxy) is 2. The van der Waals surface area contributed by atoms with E-state index in [1.165, 1.54) is 0 Å². The highest BCUT2D eigenvalue weighted by Gasteiger charge is 2.23. The van der Waals surface area contributed by atoms with Crippen LogP contribution in [0.5, 0.6) is 11.5 Å². The van der Waals surface area contributed by atoms with Crippen LogP contribution in [-0.4, -0.2) is 57.2 Å². The van der Waals surface area contributed by atoms with E-state index in [9.17, 15) is 8.42 Å². The number of piperidine rings is 1. The molecular weight excluding hydrogens is 468 g/mol. The molecule has 1 aliphatic heterocycles. The molecule has 1 aromatic carbocycles. The Morgan fingerprint density at radius 2 is 1.86 bits per heavy atom. The number of pyridine rings is 1. The smallest absolute Gasteiger partial charge is 0.274 e. The molecule has 3 aromatic rings. The van der Waals surface area contributed by atoms with Gasteiger partial charge in [-0.3, -0.25) is 4.98 Å². The molecule has 0 spiro atoms. The van der Waals surface area contributed by atoms with Crippen LogP contribution in [0.2, 0.25) is 0 Å². The third-order valence-electron chi connectivity index (χ3n) is 6.06. The summed E-state index contributed by atoms with van der Waals surface area (Å²) >= 11 is 0. The van der Waals surface area contributed by atoms with Gasteiger partial charge in [-0.25, -0.2) is 19.8 Å². The summed E-state index contributed by atoms with van der Waals surface area (Å²) in [5.41, 5.74) is 1.58. The van der Waals surface area contributed by atoms with Crippen LogP contribution in [0.3, 0.4) is 0 Å². The number of rotatable bonds is 9. The molecule has 0 aliphatic carbocycles. The Hall–Kier alpha value is -3.28. The minimum atomic E-state index is -3.66. The molecule has 11 heteroatoms. The van der Waals surface area contributed by atoms with E-state index in [1.54, 1.807) is 20.4 Å². The molecule has 0 atom stereocenters. The fourth-order valence-electron chi connectivity index (χ4n) is 4.25. The van der Waals surface area contributed by atoms with Gasteiger partial charge in [0.15, 0.2) is 17.3 Å². The lowest BCUT2D eigenvalue weighted by Crippen LogP contribution is -2.37. The van der Waals surface area contributed by atoms with Gasteiger partial charge in [0, 0.05) is 37.3 Å². The van der Waals surface area contributed by atoms with Gasteiger partial charge in [-0.05, 0) is 55.5 Å². The van der Waals surface area contributed by atoms with Crippen LogP contribution < -0.4 is 24.2 Å². The van der Waals surface area contributed by atoms with E-state index in [2.05, 4.69) is 14.6 Å². The highest BCUT2D eigenvalue weighted by molar-refractivity contribution is 7.87. The summed E-state index contributed by atoms with van der Waals surface area (Å²) in [6, 6.07) is 9.50. The number of anilines is 1. The number of nitrogens with two attached hydrogens (primary N) is 1. The number of benzene rings is 1. The number of hydrogen-bond donors (Lipinski definition) is 2. The summed E-state index contributed by atoms with van der Waals surface area (Å²) < 4.78 is 35.6. The predicted molar refractivity (Wildman–Crippen MR) is 136 cm³/mol. The summed E-state index contributed by atoms with van der Waals surface area (Å²) in [6.45, 7) is 1.94. The Labute approximate surface area is 205 Å². The van der Waals surface area contributed by atoms with Crippen LogP contribution in [0.25, 0.3) is 23.1 Å². The largest absolute Gasteiger partial charge is 0.493 e. The molecule has 3 N–H and O–H groups in total. The number of methoxy groups -OCH3 is 2. The van der Waals surface area contributed by atoms with Gasteiger partial charge in [-0.1, -0.05) is 6.07 Å². The number of nitrogens with one attached hydrogen (secondary N) is 1. The van der Waals surface area contributed by atoms with E-state index in [0.29, 0.717) is 29.8 Å². The fraction of sp³-hybridized carbons (Fsp3) is 0.375. The van der Waals surface area contributed by atoms with Crippen molar-refractivity contribution in [3.8, 4) is 11.5 Å². The lowest BCUT2D eigenvalue weighted by atomic mass is 9.93. The van der Waals surface area contributed by atoms with Crippen LogP contribution in [-0.2, 0) is 10.2 Å². The van der Waals surface area contributed by atoms with Gasteiger partial charge in [0.25, 0.3) is 10.2 Å². The zero-order valence-corrected chi connectivity index (χ0v) is 20.7. The zero-order valence-electron chi connectivity index (χ0n) is 19.8. The second kappa shape index (κ2) is 11.0. The lowest BCUT2D eigenvalue weighted by molar-refractivity contribution is 0.355.